The first-order chi connectivity index (χ1) is 16.6. The van der Waals surface area contributed by atoms with E-state index in [2.05, 4.69) is 11.2 Å². The largest absolute Gasteiger partial charge is 0.444 e. The minimum atomic E-state index is -0.549. The van der Waals surface area contributed by atoms with E-state index >= 15 is 0 Å². The molecule has 35 heavy (non-hydrogen) atoms. The fourth-order valence-electron chi connectivity index (χ4n) is 4.22. The number of hydrogen-bond donors (Lipinski definition) is 1. The Morgan fingerprint density at radius 1 is 1.26 bits per heavy atom. The fourth-order valence-corrected chi connectivity index (χ4v) is 4.22. The number of rotatable bonds is 4. The predicted octanol–water partition coefficient (Wildman–Crippen LogP) is 4.35. The molecule has 3 heterocycles. The van der Waals surface area contributed by atoms with Gasteiger partial charge in [0.2, 0.25) is 0 Å². The van der Waals surface area contributed by atoms with Crippen molar-refractivity contribution in [3.8, 4) is 17.3 Å². The third-order valence-electron chi connectivity index (χ3n) is 5.92. The number of ether oxygens (including phenoxy) is 1. The third kappa shape index (κ3) is 5.62. The number of amides is 1. The molecule has 0 aliphatic carbocycles. The van der Waals surface area contributed by atoms with Gasteiger partial charge in [-0.15, -0.1) is 0 Å². The molecule has 1 amide bonds. The molecule has 0 radical (unpaired) electrons. The highest BCUT2D eigenvalue weighted by atomic mass is 19.1. The summed E-state index contributed by atoms with van der Waals surface area (Å²) in [4.78, 5) is 14.2. The van der Waals surface area contributed by atoms with Gasteiger partial charge in [-0.1, -0.05) is 12.1 Å². The minimum absolute atomic E-state index is 0.0439. The summed E-state index contributed by atoms with van der Waals surface area (Å²) in [6.07, 6.45) is 5.33. The lowest BCUT2D eigenvalue weighted by atomic mass is 10.1. The molecule has 2 aromatic heterocycles. The number of nitriles is 1. The SMILES string of the molecule is CC(C)(C)OC(=O)N1CCC[C@H](n2nc(-c3cnn(Cc4ccc(F)cc4)c3)c(C#N)c2N)CC1. The van der Waals surface area contributed by atoms with Crippen LogP contribution in [0.3, 0.4) is 0 Å². The van der Waals surface area contributed by atoms with Gasteiger partial charge >= 0.3 is 6.09 Å². The number of hydrogen-bond acceptors (Lipinski definition) is 6. The monoisotopic (exact) mass is 479 g/mol. The second kappa shape index (κ2) is 9.78. The minimum Gasteiger partial charge on any atom is -0.444 e. The van der Waals surface area contributed by atoms with Gasteiger partial charge in [0.1, 0.15) is 34.6 Å². The molecule has 1 aliphatic rings. The van der Waals surface area contributed by atoms with Crippen LogP contribution in [0.1, 0.15) is 57.2 Å². The van der Waals surface area contributed by atoms with E-state index in [1.165, 1.54) is 12.1 Å². The number of nitrogen functional groups attached to an aromatic ring is 1. The van der Waals surface area contributed by atoms with E-state index in [-0.39, 0.29) is 18.0 Å². The average molecular weight is 480 g/mol. The zero-order chi connectivity index (χ0) is 25.2. The van der Waals surface area contributed by atoms with E-state index in [0.29, 0.717) is 48.7 Å². The predicted molar refractivity (Wildman–Crippen MR) is 129 cm³/mol. The van der Waals surface area contributed by atoms with Crippen molar-refractivity contribution in [2.24, 2.45) is 0 Å². The molecule has 184 valence electrons. The van der Waals surface area contributed by atoms with Gasteiger partial charge in [-0.05, 0) is 57.7 Å². The van der Waals surface area contributed by atoms with Crippen molar-refractivity contribution in [2.75, 3.05) is 18.8 Å². The van der Waals surface area contributed by atoms with Crippen LogP contribution >= 0.6 is 0 Å². The number of anilines is 1. The Hall–Kier alpha value is -3.87. The number of likely N-dealkylation sites (tertiary alicyclic amines) is 1. The van der Waals surface area contributed by atoms with Crippen LogP contribution < -0.4 is 5.73 Å². The summed E-state index contributed by atoms with van der Waals surface area (Å²) >= 11 is 0. The molecule has 1 fully saturated rings. The summed E-state index contributed by atoms with van der Waals surface area (Å²) in [6, 6.07) is 8.37. The average Bonchev–Trinajstić information content (AvgIpc) is 3.29. The van der Waals surface area contributed by atoms with E-state index in [4.69, 9.17) is 15.6 Å². The van der Waals surface area contributed by atoms with Crippen LogP contribution in [0.15, 0.2) is 36.7 Å². The molecule has 1 saturated heterocycles. The van der Waals surface area contributed by atoms with Crippen LogP contribution in [-0.4, -0.2) is 49.2 Å². The molecule has 10 heteroatoms. The Labute approximate surface area is 203 Å². The molecular formula is C25H30FN7O2. The smallest absolute Gasteiger partial charge is 0.410 e. The van der Waals surface area contributed by atoms with Crippen LogP contribution in [-0.2, 0) is 11.3 Å². The Bertz CT molecular complexity index is 1230. The lowest BCUT2D eigenvalue weighted by molar-refractivity contribution is 0.0255. The molecule has 3 aromatic rings. The van der Waals surface area contributed by atoms with Crippen LogP contribution in [0.2, 0.25) is 0 Å². The van der Waals surface area contributed by atoms with Crippen LogP contribution in [0.5, 0.6) is 0 Å². The third-order valence-corrected chi connectivity index (χ3v) is 5.92. The lowest BCUT2D eigenvalue weighted by Crippen LogP contribution is -2.37. The number of nitrogens with two attached hydrogens (primary N) is 1. The summed E-state index contributed by atoms with van der Waals surface area (Å²) < 4.78 is 22.1. The number of carbonyl (C=O) groups is 1. The number of halogens is 1. The molecular weight excluding hydrogens is 449 g/mol. The Morgan fingerprint density at radius 3 is 2.69 bits per heavy atom. The molecule has 0 spiro atoms. The quantitative estimate of drug-likeness (QED) is 0.595. The molecule has 0 unspecified atom stereocenters. The maximum atomic E-state index is 13.2. The maximum Gasteiger partial charge on any atom is 0.410 e. The first kappa shape index (κ1) is 24.3. The molecule has 2 N–H and O–H groups in total. The van der Waals surface area contributed by atoms with Gasteiger partial charge in [-0.2, -0.15) is 15.5 Å². The molecule has 0 saturated carbocycles. The Balaban J connectivity index is 1.52. The van der Waals surface area contributed by atoms with Gasteiger partial charge in [0, 0.05) is 24.8 Å². The highest BCUT2D eigenvalue weighted by Gasteiger charge is 2.28. The van der Waals surface area contributed by atoms with Crippen molar-refractivity contribution in [2.45, 2.75) is 58.2 Å². The Kier molecular flexibility index (Phi) is 6.78. The molecule has 1 atom stereocenters. The molecule has 0 bridgehead atoms. The number of carbonyl (C=O) groups excluding carboxylic acids is 1. The van der Waals surface area contributed by atoms with Crippen molar-refractivity contribution >= 4 is 11.9 Å². The summed E-state index contributed by atoms with van der Waals surface area (Å²) in [5.74, 6) is 0.0202. The lowest BCUT2D eigenvalue weighted by Gasteiger charge is -2.26. The number of aromatic nitrogens is 4. The number of benzene rings is 1. The van der Waals surface area contributed by atoms with Crippen LogP contribution in [0.4, 0.5) is 15.0 Å². The van der Waals surface area contributed by atoms with E-state index in [1.807, 2.05) is 20.8 Å². The van der Waals surface area contributed by atoms with E-state index in [0.717, 1.165) is 18.4 Å². The fraction of sp³-hybridized carbons (Fsp3) is 0.440. The molecule has 1 aromatic carbocycles. The summed E-state index contributed by atoms with van der Waals surface area (Å²) in [5, 5.41) is 18.9. The standard InChI is InChI=1S/C25H30FN7O2/c1-25(2,3)35-24(34)31-11-4-5-20(10-12-31)33-23(28)21(13-27)22(30-33)18-14-29-32(16-18)15-17-6-8-19(26)9-7-17/h6-9,14,16,20H,4-5,10-12,15,28H2,1-3H3/t20-/m0/s1. The van der Waals surface area contributed by atoms with Crippen molar-refractivity contribution in [3.05, 3.63) is 53.6 Å². The van der Waals surface area contributed by atoms with Crippen molar-refractivity contribution in [1.29, 1.82) is 5.26 Å². The van der Waals surface area contributed by atoms with Gasteiger partial charge in [-0.3, -0.25) is 4.68 Å². The van der Waals surface area contributed by atoms with Crippen molar-refractivity contribution in [3.63, 3.8) is 0 Å². The molecule has 1 aliphatic heterocycles. The highest BCUT2D eigenvalue weighted by molar-refractivity contribution is 5.72. The van der Waals surface area contributed by atoms with Gasteiger partial charge in [-0.25, -0.2) is 13.9 Å². The van der Waals surface area contributed by atoms with Gasteiger partial charge < -0.3 is 15.4 Å². The van der Waals surface area contributed by atoms with Crippen molar-refractivity contribution < 1.29 is 13.9 Å². The number of nitrogens with zero attached hydrogens (tertiary/aromatic N) is 6. The molecule has 4 rings (SSSR count). The van der Waals surface area contributed by atoms with Gasteiger partial charge in [0.05, 0.1) is 18.8 Å². The maximum absolute atomic E-state index is 13.2. The second-order valence-corrected chi connectivity index (χ2v) is 9.77. The highest BCUT2D eigenvalue weighted by Crippen LogP contribution is 2.32. The van der Waals surface area contributed by atoms with Crippen LogP contribution in [0, 0.1) is 17.1 Å². The van der Waals surface area contributed by atoms with Gasteiger partial charge in [0.25, 0.3) is 0 Å². The zero-order valence-corrected chi connectivity index (χ0v) is 20.2. The topological polar surface area (TPSA) is 115 Å². The first-order valence-corrected chi connectivity index (χ1v) is 11.7. The summed E-state index contributed by atoms with van der Waals surface area (Å²) in [5.41, 5.74) is 8.18. The summed E-state index contributed by atoms with van der Waals surface area (Å²) in [7, 11) is 0. The first-order valence-electron chi connectivity index (χ1n) is 11.7. The van der Waals surface area contributed by atoms with E-state index in [9.17, 15) is 14.4 Å². The summed E-state index contributed by atoms with van der Waals surface area (Å²) in [6.45, 7) is 7.13. The van der Waals surface area contributed by atoms with E-state index in [1.54, 1.807) is 38.8 Å². The normalized spacial score (nSPS) is 16.5. The van der Waals surface area contributed by atoms with Gasteiger partial charge in [0.15, 0.2) is 0 Å². The second-order valence-electron chi connectivity index (χ2n) is 9.77. The zero-order valence-electron chi connectivity index (χ0n) is 20.2. The Morgan fingerprint density at radius 2 is 2.00 bits per heavy atom. The van der Waals surface area contributed by atoms with Crippen LogP contribution in [0.25, 0.3) is 11.3 Å². The molecule has 9 nitrogen and oxygen atoms in total. The van der Waals surface area contributed by atoms with E-state index < -0.39 is 5.60 Å². The van der Waals surface area contributed by atoms with Crippen molar-refractivity contribution in [1.82, 2.24) is 24.5 Å².